The molecule has 100 valence electrons. The van der Waals surface area contributed by atoms with E-state index < -0.39 is 0 Å². The number of rotatable bonds is 4. The average Bonchev–Trinajstić information content (AvgIpc) is 2.40. The zero-order chi connectivity index (χ0) is 13.0. The maximum absolute atomic E-state index is 9.78. The number of phenolic OH excluding ortho intramolecular Hbond substituents is 1. The van der Waals surface area contributed by atoms with Gasteiger partial charge in [-0.1, -0.05) is 15.9 Å². The SMILES string of the molecule is CC(NCc1cc(Br)ccc1O)C1CCOCC1. The molecule has 0 saturated carbocycles. The van der Waals surface area contributed by atoms with E-state index in [-0.39, 0.29) is 0 Å². The molecule has 4 heteroatoms. The van der Waals surface area contributed by atoms with Gasteiger partial charge in [-0.2, -0.15) is 0 Å². The van der Waals surface area contributed by atoms with Gasteiger partial charge in [-0.05, 0) is 43.9 Å². The highest BCUT2D eigenvalue weighted by molar-refractivity contribution is 9.10. The summed E-state index contributed by atoms with van der Waals surface area (Å²) >= 11 is 3.42. The van der Waals surface area contributed by atoms with Gasteiger partial charge < -0.3 is 15.2 Å². The van der Waals surface area contributed by atoms with Gasteiger partial charge in [0.15, 0.2) is 0 Å². The summed E-state index contributed by atoms with van der Waals surface area (Å²) in [7, 11) is 0. The van der Waals surface area contributed by atoms with Gasteiger partial charge in [-0.25, -0.2) is 0 Å². The molecule has 1 atom stereocenters. The van der Waals surface area contributed by atoms with Gasteiger partial charge >= 0.3 is 0 Å². The largest absolute Gasteiger partial charge is 0.508 e. The lowest BCUT2D eigenvalue weighted by atomic mass is 9.93. The first kappa shape index (κ1) is 13.8. The summed E-state index contributed by atoms with van der Waals surface area (Å²) in [5, 5.41) is 13.3. The van der Waals surface area contributed by atoms with Gasteiger partial charge in [-0.15, -0.1) is 0 Å². The Balaban J connectivity index is 1.88. The summed E-state index contributed by atoms with van der Waals surface area (Å²) in [6.45, 7) is 4.66. The van der Waals surface area contributed by atoms with E-state index in [1.54, 1.807) is 6.07 Å². The smallest absolute Gasteiger partial charge is 0.120 e. The van der Waals surface area contributed by atoms with Crippen molar-refractivity contribution >= 4 is 15.9 Å². The molecule has 0 amide bonds. The van der Waals surface area contributed by atoms with E-state index in [0.717, 1.165) is 36.1 Å². The Hall–Kier alpha value is -0.580. The number of hydrogen-bond donors (Lipinski definition) is 2. The maximum atomic E-state index is 9.78. The molecule has 3 nitrogen and oxygen atoms in total. The quantitative estimate of drug-likeness (QED) is 0.897. The van der Waals surface area contributed by atoms with Crippen LogP contribution in [0.15, 0.2) is 22.7 Å². The van der Waals surface area contributed by atoms with Crippen LogP contribution in [-0.4, -0.2) is 24.4 Å². The van der Waals surface area contributed by atoms with Crippen molar-refractivity contribution in [2.45, 2.75) is 32.4 Å². The Labute approximate surface area is 117 Å². The minimum Gasteiger partial charge on any atom is -0.508 e. The van der Waals surface area contributed by atoms with Crippen molar-refractivity contribution in [2.24, 2.45) is 5.92 Å². The Kier molecular flexibility index (Phi) is 5.03. The summed E-state index contributed by atoms with van der Waals surface area (Å²) in [6, 6.07) is 5.98. The number of benzene rings is 1. The van der Waals surface area contributed by atoms with Crippen LogP contribution in [0.3, 0.4) is 0 Å². The van der Waals surface area contributed by atoms with Gasteiger partial charge in [0.05, 0.1) is 0 Å². The lowest BCUT2D eigenvalue weighted by molar-refractivity contribution is 0.0557. The Morgan fingerprint density at radius 1 is 1.44 bits per heavy atom. The standard InChI is InChI=1S/C14H20BrNO2/c1-10(11-4-6-18-7-5-11)16-9-12-8-13(15)2-3-14(12)17/h2-3,8,10-11,16-17H,4-7,9H2,1H3. The van der Waals surface area contributed by atoms with Crippen LogP contribution < -0.4 is 5.32 Å². The summed E-state index contributed by atoms with van der Waals surface area (Å²) in [4.78, 5) is 0. The third-order valence-corrected chi connectivity index (χ3v) is 4.12. The molecule has 0 aliphatic carbocycles. The van der Waals surface area contributed by atoms with E-state index in [0.29, 0.717) is 24.3 Å². The molecule has 1 aromatic carbocycles. The van der Waals surface area contributed by atoms with E-state index in [2.05, 4.69) is 28.2 Å². The van der Waals surface area contributed by atoms with Crippen LogP contribution in [0.25, 0.3) is 0 Å². The van der Waals surface area contributed by atoms with Crippen LogP contribution in [0.2, 0.25) is 0 Å². The molecule has 1 heterocycles. The van der Waals surface area contributed by atoms with Crippen molar-refractivity contribution in [3.05, 3.63) is 28.2 Å². The third-order valence-electron chi connectivity index (χ3n) is 3.63. The Morgan fingerprint density at radius 2 is 2.17 bits per heavy atom. The minimum absolute atomic E-state index is 0.352. The first-order valence-corrected chi connectivity index (χ1v) is 7.24. The second kappa shape index (κ2) is 6.55. The van der Waals surface area contributed by atoms with Crippen molar-refractivity contribution in [1.82, 2.24) is 5.32 Å². The fraction of sp³-hybridized carbons (Fsp3) is 0.571. The molecule has 1 fully saturated rings. The molecule has 2 N–H and O–H groups in total. The second-order valence-electron chi connectivity index (χ2n) is 4.89. The topological polar surface area (TPSA) is 41.5 Å². The number of halogens is 1. The fourth-order valence-electron chi connectivity index (χ4n) is 2.35. The lowest BCUT2D eigenvalue weighted by Crippen LogP contribution is -2.36. The van der Waals surface area contributed by atoms with Crippen molar-refractivity contribution < 1.29 is 9.84 Å². The summed E-state index contributed by atoms with van der Waals surface area (Å²) in [5.74, 6) is 1.03. The van der Waals surface area contributed by atoms with Gasteiger partial charge in [0, 0.05) is 35.8 Å². The zero-order valence-corrected chi connectivity index (χ0v) is 12.2. The summed E-state index contributed by atoms with van der Waals surface area (Å²) in [6.07, 6.45) is 2.25. The van der Waals surface area contributed by atoms with Gasteiger partial charge in [0.2, 0.25) is 0 Å². The van der Waals surface area contributed by atoms with E-state index in [9.17, 15) is 5.11 Å². The first-order chi connectivity index (χ1) is 8.66. The molecule has 1 aliphatic rings. The highest BCUT2D eigenvalue weighted by atomic mass is 79.9. The van der Waals surface area contributed by atoms with E-state index in [4.69, 9.17) is 4.74 Å². The molecule has 0 aromatic heterocycles. The van der Waals surface area contributed by atoms with Crippen LogP contribution in [0.1, 0.15) is 25.3 Å². The molecule has 0 bridgehead atoms. The van der Waals surface area contributed by atoms with Crippen molar-refractivity contribution in [2.75, 3.05) is 13.2 Å². The summed E-state index contributed by atoms with van der Waals surface area (Å²) in [5.41, 5.74) is 0.934. The van der Waals surface area contributed by atoms with Crippen molar-refractivity contribution in [1.29, 1.82) is 0 Å². The number of hydrogen-bond acceptors (Lipinski definition) is 3. The van der Waals surface area contributed by atoms with Crippen LogP contribution in [0.5, 0.6) is 5.75 Å². The molecule has 2 rings (SSSR count). The average molecular weight is 314 g/mol. The molecule has 1 unspecified atom stereocenters. The van der Waals surface area contributed by atoms with E-state index >= 15 is 0 Å². The first-order valence-electron chi connectivity index (χ1n) is 6.45. The molecule has 18 heavy (non-hydrogen) atoms. The predicted octanol–water partition coefficient (Wildman–Crippen LogP) is 3.06. The number of nitrogens with one attached hydrogen (secondary N) is 1. The molecule has 1 saturated heterocycles. The number of aromatic hydroxyl groups is 1. The maximum Gasteiger partial charge on any atom is 0.120 e. The second-order valence-corrected chi connectivity index (χ2v) is 5.81. The lowest BCUT2D eigenvalue weighted by Gasteiger charge is -2.28. The normalized spacial score (nSPS) is 18.8. The van der Waals surface area contributed by atoms with E-state index in [1.807, 2.05) is 12.1 Å². The van der Waals surface area contributed by atoms with Crippen molar-refractivity contribution in [3.63, 3.8) is 0 Å². The van der Waals surface area contributed by atoms with Gasteiger partial charge in [0.1, 0.15) is 5.75 Å². The molecule has 0 spiro atoms. The predicted molar refractivity (Wildman–Crippen MR) is 75.7 cm³/mol. The third kappa shape index (κ3) is 3.70. The molecular formula is C14H20BrNO2. The molecule has 1 aliphatic heterocycles. The molecule has 1 aromatic rings. The monoisotopic (exact) mass is 313 g/mol. The Bertz CT molecular complexity index is 391. The van der Waals surface area contributed by atoms with Gasteiger partial charge in [-0.3, -0.25) is 0 Å². The van der Waals surface area contributed by atoms with Crippen LogP contribution >= 0.6 is 15.9 Å². The van der Waals surface area contributed by atoms with Crippen LogP contribution in [0, 0.1) is 5.92 Å². The van der Waals surface area contributed by atoms with E-state index in [1.165, 1.54) is 0 Å². The Morgan fingerprint density at radius 3 is 2.89 bits per heavy atom. The molecular weight excluding hydrogens is 294 g/mol. The minimum atomic E-state index is 0.352. The van der Waals surface area contributed by atoms with Crippen molar-refractivity contribution in [3.8, 4) is 5.75 Å². The number of phenols is 1. The molecule has 0 radical (unpaired) electrons. The number of ether oxygens (including phenoxy) is 1. The fourth-order valence-corrected chi connectivity index (χ4v) is 2.76. The highest BCUT2D eigenvalue weighted by Crippen LogP contribution is 2.23. The van der Waals surface area contributed by atoms with Crippen LogP contribution in [0.4, 0.5) is 0 Å². The highest BCUT2D eigenvalue weighted by Gasteiger charge is 2.20. The summed E-state index contributed by atoms with van der Waals surface area (Å²) < 4.78 is 6.37. The zero-order valence-electron chi connectivity index (χ0n) is 10.7. The van der Waals surface area contributed by atoms with Crippen LogP contribution in [-0.2, 0) is 11.3 Å². The van der Waals surface area contributed by atoms with Gasteiger partial charge in [0.25, 0.3) is 0 Å².